The average Bonchev–Trinajstić information content (AvgIpc) is 2.03. The van der Waals surface area contributed by atoms with Crippen molar-refractivity contribution in [3.63, 3.8) is 0 Å². The molecule has 0 spiro atoms. The van der Waals surface area contributed by atoms with Crippen LogP contribution in [0.15, 0.2) is 24.5 Å². The molecule has 0 saturated carbocycles. The van der Waals surface area contributed by atoms with Crippen LogP contribution < -0.4 is 0 Å². The highest BCUT2D eigenvalue weighted by atomic mass is 19.1. The first-order chi connectivity index (χ1) is 5.74. The van der Waals surface area contributed by atoms with Gasteiger partial charge in [-0.2, -0.15) is 0 Å². The molecule has 0 unspecified atom stereocenters. The predicted molar refractivity (Wildman–Crippen MR) is 47.2 cm³/mol. The van der Waals surface area contributed by atoms with Crippen molar-refractivity contribution in [1.29, 1.82) is 0 Å². The maximum absolute atomic E-state index is 13.1. The van der Waals surface area contributed by atoms with Gasteiger partial charge in [-0.15, -0.1) is 0 Å². The number of halogens is 1. The summed E-state index contributed by atoms with van der Waals surface area (Å²) in [5.74, 6) is -0.219. The van der Waals surface area contributed by atoms with Crippen molar-refractivity contribution in [2.75, 3.05) is 7.11 Å². The molecule has 0 N–H and O–H groups in total. The maximum Gasteiger partial charge on any atom is 0.130 e. The first-order valence-electron chi connectivity index (χ1n) is 3.69. The molecule has 1 aromatic carbocycles. The van der Waals surface area contributed by atoms with Crippen LogP contribution in [0.3, 0.4) is 0 Å². The molecule has 1 rings (SSSR count). The molecular weight excluding hydrogens is 155 g/mol. The van der Waals surface area contributed by atoms with E-state index >= 15 is 0 Å². The van der Waals surface area contributed by atoms with E-state index < -0.39 is 0 Å². The molecule has 0 aliphatic rings. The van der Waals surface area contributed by atoms with Crippen molar-refractivity contribution in [2.45, 2.75) is 6.92 Å². The number of methoxy groups -OCH3 is 1. The van der Waals surface area contributed by atoms with E-state index in [4.69, 9.17) is 0 Å². The summed E-state index contributed by atoms with van der Waals surface area (Å²) in [5.41, 5.74) is 1.46. The van der Waals surface area contributed by atoms with Gasteiger partial charge in [0.1, 0.15) is 5.82 Å². The van der Waals surface area contributed by atoms with Gasteiger partial charge in [-0.1, -0.05) is 12.1 Å². The second-order valence-corrected chi connectivity index (χ2v) is 2.56. The van der Waals surface area contributed by atoms with E-state index in [1.165, 1.54) is 19.4 Å². The van der Waals surface area contributed by atoms with E-state index in [0.29, 0.717) is 5.56 Å². The minimum Gasteiger partial charge on any atom is -0.504 e. The SMILES string of the molecule is CO/C=C/c1ccc(C)cc1F. The van der Waals surface area contributed by atoms with Gasteiger partial charge in [0.15, 0.2) is 0 Å². The number of hydrogen-bond donors (Lipinski definition) is 0. The summed E-state index contributed by atoms with van der Waals surface area (Å²) in [5, 5.41) is 0. The molecule has 1 nitrogen and oxygen atoms in total. The van der Waals surface area contributed by atoms with Gasteiger partial charge in [0, 0.05) is 5.56 Å². The Morgan fingerprint density at radius 3 is 2.75 bits per heavy atom. The van der Waals surface area contributed by atoms with Crippen LogP contribution in [0.1, 0.15) is 11.1 Å². The highest BCUT2D eigenvalue weighted by molar-refractivity contribution is 5.49. The van der Waals surface area contributed by atoms with E-state index in [9.17, 15) is 4.39 Å². The molecule has 0 aliphatic carbocycles. The molecule has 0 saturated heterocycles. The summed E-state index contributed by atoms with van der Waals surface area (Å²) < 4.78 is 17.8. The second kappa shape index (κ2) is 3.90. The quantitative estimate of drug-likeness (QED) is 0.614. The number of ether oxygens (including phenoxy) is 1. The van der Waals surface area contributed by atoms with Crippen molar-refractivity contribution in [3.05, 3.63) is 41.4 Å². The summed E-state index contributed by atoms with van der Waals surface area (Å²) in [7, 11) is 1.53. The zero-order chi connectivity index (χ0) is 8.97. The molecule has 0 radical (unpaired) electrons. The van der Waals surface area contributed by atoms with E-state index in [0.717, 1.165) is 5.56 Å². The Morgan fingerprint density at radius 2 is 2.17 bits per heavy atom. The van der Waals surface area contributed by atoms with E-state index in [-0.39, 0.29) is 5.82 Å². The summed E-state index contributed by atoms with van der Waals surface area (Å²) in [6.45, 7) is 1.85. The Morgan fingerprint density at radius 1 is 1.42 bits per heavy atom. The summed E-state index contributed by atoms with van der Waals surface area (Å²) in [6, 6.07) is 5.08. The van der Waals surface area contributed by atoms with Gasteiger partial charge in [0.05, 0.1) is 13.4 Å². The third-order valence-electron chi connectivity index (χ3n) is 1.54. The van der Waals surface area contributed by atoms with E-state index in [2.05, 4.69) is 4.74 Å². The van der Waals surface area contributed by atoms with Crippen LogP contribution in [0, 0.1) is 12.7 Å². The van der Waals surface area contributed by atoms with Gasteiger partial charge in [0.2, 0.25) is 0 Å². The van der Waals surface area contributed by atoms with E-state index in [1.807, 2.05) is 13.0 Å². The van der Waals surface area contributed by atoms with Gasteiger partial charge in [-0.25, -0.2) is 4.39 Å². The Balaban J connectivity index is 2.94. The van der Waals surface area contributed by atoms with Gasteiger partial charge < -0.3 is 4.74 Å². The fraction of sp³-hybridized carbons (Fsp3) is 0.200. The van der Waals surface area contributed by atoms with Crippen LogP contribution in [0.5, 0.6) is 0 Å². The van der Waals surface area contributed by atoms with Crippen LogP contribution in [0.25, 0.3) is 6.08 Å². The largest absolute Gasteiger partial charge is 0.504 e. The smallest absolute Gasteiger partial charge is 0.130 e. The molecule has 12 heavy (non-hydrogen) atoms. The number of rotatable bonds is 2. The third-order valence-corrected chi connectivity index (χ3v) is 1.54. The van der Waals surface area contributed by atoms with Gasteiger partial charge in [-0.3, -0.25) is 0 Å². The monoisotopic (exact) mass is 166 g/mol. The topological polar surface area (TPSA) is 9.23 Å². The molecular formula is C10H11FO. The van der Waals surface area contributed by atoms with Gasteiger partial charge in [-0.05, 0) is 24.6 Å². The molecule has 2 heteroatoms. The van der Waals surface area contributed by atoms with Crippen molar-refractivity contribution < 1.29 is 9.13 Å². The van der Waals surface area contributed by atoms with Crippen LogP contribution in [-0.4, -0.2) is 7.11 Å². The van der Waals surface area contributed by atoms with Crippen LogP contribution in [0.4, 0.5) is 4.39 Å². The predicted octanol–water partition coefficient (Wildman–Crippen LogP) is 2.75. The molecule has 0 aliphatic heterocycles. The number of benzene rings is 1. The average molecular weight is 166 g/mol. The van der Waals surface area contributed by atoms with Crippen LogP contribution in [-0.2, 0) is 4.74 Å². The van der Waals surface area contributed by atoms with Crippen molar-refractivity contribution in [3.8, 4) is 0 Å². The van der Waals surface area contributed by atoms with Crippen molar-refractivity contribution in [2.24, 2.45) is 0 Å². The standard InChI is InChI=1S/C10H11FO/c1-8-3-4-9(5-6-12-2)10(11)7-8/h3-7H,1-2H3/b6-5+. The lowest BCUT2D eigenvalue weighted by atomic mass is 10.1. The van der Waals surface area contributed by atoms with Crippen LogP contribution in [0.2, 0.25) is 0 Å². The Labute approximate surface area is 71.5 Å². The van der Waals surface area contributed by atoms with Crippen LogP contribution >= 0.6 is 0 Å². The highest BCUT2D eigenvalue weighted by Crippen LogP contribution is 2.11. The Kier molecular flexibility index (Phi) is 2.86. The van der Waals surface area contributed by atoms with E-state index in [1.54, 1.807) is 12.1 Å². The number of hydrogen-bond acceptors (Lipinski definition) is 1. The molecule has 0 atom stereocenters. The fourth-order valence-corrected chi connectivity index (χ4v) is 0.909. The molecule has 0 heterocycles. The lowest BCUT2D eigenvalue weighted by Crippen LogP contribution is -1.83. The minimum absolute atomic E-state index is 0.219. The number of aryl methyl sites for hydroxylation is 1. The maximum atomic E-state index is 13.1. The molecule has 64 valence electrons. The highest BCUT2D eigenvalue weighted by Gasteiger charge is 1.96. The first kappa shape index (κ1) is 8.78. The minimum atomic E-state index is -0.219. The zero-order valence-electron chi connectivity index (χ0n) is 7.17. The second-order valence-electron chi connectivity index (χ2n) is 2.56. The molecule has 0 aromatic heterocycles. The van der Waals surface area contributed by atoms with Crippen molar-refractivity contribution >= 4 is 6.08 Å². The molecule has 1 aromatic rings. The lowest BCUT2D eigenvalue weighted by molar-refractivity contribution is 0.341. The normalized spacial score (nSPS) is 10.6. The third kappa shape index (κ3) is 2.09. The zero-order valence-corrected chi connectivity index (χ0v) is 7.17. The summed E-state index contributed by atoms with van der Waals surface area (Å²) >= 11 is 0. The lowest BCUT2D eigenvalue weighted by Gasteiger charge is -1.97. The molecule has 0 fully saturated rings. The van der Waals surface area contributed by atoms with Crippen molar-refractivity contribution in [1.82, 2.24) is 0 Å². The molecule has 0 bridgehead atoms. The fourth-order valence-electron chi connectivity index (χ4n) is 0.909. The van der Waals surface area contributed by atoms with Gasteiger partial charge >= 0.3 is 0 Å². The molecule has 0 amide bonds. The van der Waals surface area contributed by atoms with Gasteiger partial charge in [0.25, 0.3) is 0 Å². The summed E-state index contributed by atoms with van der Waals surface area (Å²) in [6.07, 6.45) is 3.04. The Bertz CT molecular complexity index is 292. The Hall–Kier alpha value is -1.31. The summed E-state index contributed by atoms with van der Waals surface area (Å²) in [4.78, 5) is 0. The first-order valence-corrected chi connectivity index (χ1v) is 3.69.